The first-order valence-electron chi connectivity index (χ1n) is 6.56. The van der Waals surface area contributed by atoms with Crippen LogP contribution < -0.4 is 5.73 Å². The van der Waals surface area contributed by atoms with E-state index in [1.807, 2.05) is 6.20 Å². The van der Waals surface area contributed by atoms with Gasteiger partial charge >= 0.3 is 0 Å². The van der Waals surface area contributed by atoms with Gasteiger partial charge in [0.05, 0.1) is 6.04 Å². The van der Waals surface area contributed by atoms with Crippen molar-refractivity contribution < 1.29 is 0 Å². The molecule has 1 atom stereocenters. The molecule has 0 saturated heterocycles. The summed E-state index contributed by atoms with van der Waals surface area (Å²) < 4.78 is 2.13. The number of aromatic nitrogens is 2. The second-order valence-electron chi connectivity index (χ2n) is 4.97. The van der Waals surface area contributed by atoms with Crippen molar-refractivity contribution >= 4 is 0 Å². The van der Waals surface area contributed by atoms with E-state index in [-0.39, 0.29) is 0 Å². The summed E-state index contributed by atoms with van der Waals surface area (Å²) in [6, 6.07) is 2.51. The van der Waals surface area contributed by atoms with Gasteiger partial charge in [0.25, 0.3) is 0 Å². The van der Waals surface area contributed by atoms with E-state index in [0.717, 1.165) is 0 Å². The summed E-state index contributed by atoms with van der Waals surface area (Å²) >= 11 is 0. The Morgan fingerprint density at radius 3 is 2.69 bits per heavy atom. The number of hydrogen-bond donors (Lipinski definition) is 1. The summed E-state index contributed by atoms with van der Waals surface area (Å²) in [6.07, 6.45) is 10.1. The average Bonchev–Trinajstić information content (AvgIpc) is 2.64. The lowest BCUT2D eigenvalue weighted by molar-refractivity contribution is 0.445. The van der Waals surface area contributed by atoms with Gasteiger partial charge in [0.15, 0.2) is 0 Å². The molecule has 0 bridgehead atoms. The fourth-order valence-corrected chi connectivity index (χ4v) is 2.69. The van der Waals surface area contributed by atoms with Gasteiger partial charge in [0.1, 0.15) is 0 Å². The van der Waals surface area contributed by atoms with E-state index in [4.69, 9.17) is 5.73 Å². The van der Waals surface area contributed by atoms with Crippen LogP contribution in [0, 0.1) is 0 Å². The van der Waals surface area contributed by atoms with Crippen LogP contribution in [0.4, 0.5) is 0 Å². The Hall–Kier alpha value is -0.830. The van der Waals surface area contributed by atoms with Crippen molar-refractivity contribution in [3.63, 3.8) is 0 Å². The number of hydrogen-bond acceptors (Lipinski definition) is 2. The van der Waals surface area contributed by atoms with Gasteiger partial charge in [0, 0.05) is 24.4 Å². The molecule has 3 nitrogen and oxygen atoms in total. The van der Waals surface area contributed by atoms with Crippen molar-refractivity contribution in [2.75, 3.05) is 6.54 Å². The molecular weight excluding hydrogens is 198 g/mol. The molecule has 2 rings (SSSR count). The number of nitrogens with two attached hydrogens (primary N) is 1. The van der Waals surface area contributed by atoms with Crippen LogP contribution in [-0.4, -0.2) is 16.3 Å². The zero-order valence-electron chi connectivity index (χ0n) is 10.2. The van der Waals surface area contributed by atoms with Gasteiger partial charge in [-0.3, -0.25) is 4.68 Å². The molecule has 2 N–H and O–H groups in total. The summed E-state index contributed by atoms with van der Waals surface area (Å²) in [7, 11) is 0. The van der Waals surface area contributed by atoms with Gasteiger partial charge in [-0.2, -0.15) is 5.10 Å². The van der Waals surface area contributed by atoms with Crippen molar-refractivity contribution in [1.82, 2.24) is 9.78 Å². The van der Waals surface area contributed by atoms with Gasteiger partial charge in [0.2, 0.25) is 0 Å². The van der Waals surface area contributed by atoms with Crippen LogP contribution in [0.3, 0.4) is 0 Å². The monoisotopic (exact) mass is 221 g/mol. The fourth-order valence-electron chi connectivity index (χ4n) is 2.69. The maximum absolute atomic E-state index is 5.73. The van der Waals surface area contributed by atoms with Gasteiger partial charge in [-0.15, -0.1) is 0 Å². The Morgan fingerprint density at radius 2 is 2.06 bits per heavy atom. The van der Waals surface area contributed by atoms with E-state index in [1.54, 1.807) is 0 Å². The second-order valence-corrected chi connectivity index (χ2v) is 4.97. The molecule has 0 amide bonds. The summed E-state index contributed by atoms with van der Waals surface area (Å²) in [5.74, 6) is 0.707. The third kappa shape index (κ3) is 2.46. The lowest BCUT2D eigenvalue weighted by Gasteiger charge is -2.19. The molecular formula is C13H23N3. The average molecular weight is 221 g/mol. The predicted molar refractivity (Wildman–Crippen MR) is 66.4 cm³/mol. The Morgan fingerprint density at radius 1 is 1.38 bits per heavy atom. The second kappa shape index (κ2) is 5.48. The molecule has 0 spiro atoms. The molecule has 1 aliphatic rings. The van der Waals surface area contributed by atoms with Crippen molar-refractivity contribution in [3.8, 4) is 0 Å². The Balaban J connectivity index is 2.15. The molecule has 16 heavy (non-hydrogen) atoms. The van der Waals surface area contributed by atoms with E-state index in [1.165, 1.54) is 44.2 Å². The zero-order valence-corrected chi connectivity index (χ0v) is 10.2. The summed E-state index contributed by atoms with van der Waals surface area (Å²) in [6.45, 7) is 2.81. The van der Waals surface area contributed by atoms with Crippen molar-refractivity contribution in [2.24, 2.45) is 5.73 Å². The molecule has 90 valence electrons. The van der Waals surface area contributed by atoms with Crippen LogP contribution >= 0.6 is 0 Å². The number of nitrogens with zero attached hydrogens (tertiary/aromatic N) is 2. The largest absolute Gasteiger partial charge is 0.328 e. The molecule has 1 heterocycles. The highest BCUT2D eigenvalue weighted by Gasteiger charge is 2.19. The highest BCUT2D eigenvalue weighted by atomic mass is 15.3. The van der Waals surface area contributed by atoms with Crippen molar-refractivity contribution in [2.45, 2.75) is 57.4 Å². The van der Waals surface area contributed by atoms with E-state index < -0.39 is 0 Å². The standard InChI is InChI=1S/C13H23N3/c1-11(10-14)16-13(8-9-15-16)12-6-4-2-3-5-7-12/h8-9,11-12H,2-7,10,14H2,1H3. The van der Waals surface area contributed by atoms with Crippen molar-refractivity contribution in [3.05, 3.63) is 18.0 Å². The summed E-state index contributed by atoms with van der Waals surface area (Å²) in [5.41, 5.74) is 7.13. The molecule has 3 heteroatoms. The number of rotatable bonds is 3. The minimum Gasteiger partial charge on any atom is -0.328 e. The molecule has 1 saturated carbocycles. The first-order chi connectivity index (χ1) is 7.83. The third-order valence-corrected chi connectivity index (χ3v) is 3.73. The molecule has 1 aliphatic carbocycles. The molecule has 0 aromatic carbocycles. The molecule has 1 aromatic rings. The van der Waals surface area contributed by atoms with E-state index in [9.17, 15) is 0 Å². The SMILES string of the molecule is CC(CN)n1nccc1C1CCCCCC1. The third-order valence-electron chi connectivity index (χ3n) is 3.73. The van der Waals surface area contributed by atoms with Gasteiger partial charge in [-0.25, -0.2) is 0 Å². The normalized spacial score (nSPS) is 20.6. The quantitative estimate of drug-likeness (QED) is 0.798. The molecule has 1 unspecified atom stereocenters. The Bertz CT molecular complexity index is 311. The van der Waals surface area contributed by atoms with Crippen molar-refractivity contribution in [1.29, 1.82) is 0 Å². The first kappa shape index (κ1) is 11.6. The fraction of sp³-hybridized carbons (Fsp3) is 0.769. The van der Waals surface area contributed by atoms with Crippen LogP contribution in [-0.2, 0) is 0 Å². The lowest BCUT2D eigenvalue weighted by atomic mass is 9.96. The van der Waals surface area contributed by atoms with Crippen LogP contribution in [0.15, 0.2) is 12.3 Å². The highest BCUT2D eigenvalue weighted by molar-refractivity contribution is 5.09. The maximum atomic E-state index is 5.73. The van der Waals surface area contributed by atoms with Gasteiger partial charge in [-0.05, 0) is 25.8 Å². The van der Waals surface area contributed by atoms with Gasteiger partial charge < -0.3 is 5.73 Å². The van der Waals surface area contributed by atoms with Crippen LogP contribution in [0.2, 0.25) is 0 Å². The molecule has 0 radical (unpaired) electrons. The van der Waals surface area contributed by atoms with E-state index in [0.29, 0.717) is 18.5 Å². The minimum absolute atomic E-state index is 0.327. The molecule has 1 aromatic heterocycles. The zero-order chi connectivity index (χ0) is 11.4. The predicted octanol–water partition coefficient (Wildman–Crippen LogP) is 2.84. The minimum atomic E-state index is 0.327. The maximum Gasteiger partial charge on any atom is 0.0616 e. The van der Waals surface area contributed by atoms with E-state index >= 15 is 0 Å². The lowest BCUT2D eigenvalue weighted by Crippen LogP contribution is -2.20. The van der Waals surface area contributed by atoms with E-state index in [2.05, 4.69) is 22.8 Å². The Kier molecular flexibility index (Phi) is 3.99. The molecule has 0 aliphatic heterocycles. The Labute approximate surface area is 98.0 Å². The topological polar surface area (TPSA) is 43.8 Å². The summed E-state index contributed by atoms with van der Waals surface area (Å²) in [5, 5.41) is 4.43. The van der Waals surface area contributed by atoms with Crippen LogP contribution in [0.5, 0.6) is 0 Å². The van der Waals surface area contributed by atoms with Crippen LogP contribution in [0.1, 0.15) is 63.1 Å². The molecule has 1 fully saturated rings. The smallest absolute Gasteiger partial charge is 0.0616 e. The van der Waals surface area contributed by atoms with Crippen LogP contribution in [0.25, 0.3) is 0 Å². The first-order valence-corrected chi connectivity index (χ1v) is 6.56. The summed E-state index contributed by atoms with van der Waals surface area (Å²) in [4.78, 5) is 0. The highest BCUT2D eigenvalue weighted by Crippen LogP contribution is 2.32. The van der Waals surface area contributed by atoms with Gasteiger partial charge in [-0.1, -0.05) is 25.7 Å².